The van der Waals surface area contributed by atoms with Crippen LogP contribution < -0.4 is 5.73 Å². The molecular formula is C3H6NO2S. The van der Waals surface area contributed by atoms with E-state index >= 15 is 0 Å². The van der Waals surface area contributed by atoms with E-state index in [1.165, 1.54) is 0 Å². The Morgan fingerprint density at radius 2 is 2.43 bits per heavy atom. The minimum atomic E-state index is -1.12. The van der Waals surface area contributed by atoms with Gasteiger partial charge in [-0.05, 0) is 0 Å². The first-order valence-corrected chi connectivity index (χ1v) is 2.36. The average molecular weight is 120 g/mol. The molecule has 0 aliphatic carbocycles. The molecule has 0 amide bonds. The molecule has 1 radical (unpaired) electrons. The molecule has 0 aromatic carbocycles. The molecule has 7 heavy (non-hydrogen) atoms. The Morgan fingerprint density at radius 3 is 2.43 bits per heavy atom. The number of hydrogen-bond donors (Lipinski definition) is 2. The van der Waals surface area contributed by atoms with Crippen LogP contribution in [0.3, 0.4) is 0 Å². The van der Waals surface area contributed by atoms with Gasteiger partial charge in [0.1, 0.15) is 6.04 Å². The topological polar surface area (TPSA) is 61.1 Å². The minimum Gasteiger partial charge on any atom is -0.480 e. The smallest absolute Gasteiger partial charge is 0.322 e. The zero-order chi connectivity index (χ0) is 5.86. The van der Waals surface area contributed by atoms with Crippen molar-refractivity contribution in [1.29, 1.82) is 0 Å². The van der Waals surface area contributed by atoms with Crippen molar-refractivity contribution in [3.8, 4) is 0 Å². The van der Waals surface area contributed by atoms with E-state index in [1.54, 1.807) is 0 Å². The number of thiol groups is 1. The molecule has 0 heterocycles. The second-order valence-corrected chi connectivity index (χ2v) is 1.44. The summed E-state index contributed by atoms with van der Waals surface area (Å²) in [6.07, 6.45) is 0. The molecule has 0 saturated heterocycles. The molecule has 0 aliphatic heterocycles. The highest BCUT2D eigenvalue weighted by molar-refractivity contribution is 7.80. The van der Waals surface area contributed by atoms with Gasteiger partial charge in [0, 0.05) is 5.75 Å². The standard InChI is InChI=1S/C3H6NO2S/c4-2(1-7)3(5)6/h2,4,7H,1H2,(H,5,6). The fraction of sp³-hybridized carbons (Fsp3) is 0.667. The van der Waals surface area contributed by atoms with Gasteiger partial charge in [-0.15, -0.1) is 0 Å². The van der Waals surface area contributed by atoms with Gasteiger partial charge in [0.15, 0.2) is 0 Å². The normalized spacial score (nSPS) is 13.4. The van der Waals surface area contributed by atoms with E-state index in [2.05, 4.69) is 12.6 Å². The van der Waals surface area contributed by atoms with Crippen LogP contribution in [0.5, 0.6) is 0 Å². The molecule has 0 aromatic rings. The Balaban J connectivity index is 3.34. The van der Waals surface area contributed by atoms with Crippen molar-refractivity contribution < 1.29 is 9.90 Å². The van der Waals surface area contributed by atoms with Crippen LogP contribution in [0.4, 0.5) is 0 Å². The zero-order valence-electron chi connectivity index (χ0n) is 3.59. The van der Waals surface area contributed by atoms with Gasteiger partial charge >= 0.3 is 5.97 Å². The maximum absolute atomic E-state index is 9.69. The molecule has 0 bridgehead atoms. The van der Waals surface area contributed by atoms with Crippen molar-refractivity contribution in [3.63, 3.8) is 0 Å². The summed E-state index contributed by atoms with van der Waals surface area (Å²) in [4.78, 5) is 9.69. The quantitative estimate of drug-likeness (QED) is 0.489. The number of rotatable bonds is 2. The fourth-order valence-electron chi connectivity index (χ4n) is 0.0781. The molecule has 0 rings (SSSR count). The van der Waals surface area contributed by atoms with Gasteiger partial charge in [-0.25, -0.2) is 5.73 Å². The summed E-state index contributed by atoms with van der Waals surface area (Å²) in [5.74, 6) is -1.04. The van der Waals surface area contributed by atoms with Crippen LogP contribution in [0.2, 0.25) is 0 Å². The predicted octanol–water partition coefficient (Wildman–Crippen LogP) is -0.348. The highest BCUT2D eigenvalue weighted by Gasteiger charge is 2.07. The van der Waals surface area contributed by atoms with Crippen LogP contribution in [0.25, 0.3) is 0 Å². The lowest BCUT2D eigenvalue weighted by Gasteiger charge is -1.95. The van der Waals surface area contributed by atoms with Crippen LogP contribution in [-0.4, -0.2) is 22.9 Å². The van der Waals surface area contributed by atoms with Crippen LogP contribution in [0.15, 0.2) is 0 Å². The van der Waals surface area contributed by atoms with Gasteiger partial charge in [0.25, 0.3) is 0 Å². The summed E-state index contributed by atoms with van der Waals surface area (Å²) in [6, 6.07) is -1.07. The molecule has 0 aromatic heterocycles. The lowest BCUT2D eigenvalue weighted by Crippen LogP contribution is -2.22. The number of carbonyl (C=O) groups is 1. The van der Waals surface area contributed by atoms with Gasteiger partial charge in [0.05, 0.1) is 0 Å². The molecule has 1 atom stereocenters. The number of carboxylic acids is 1. The number of nitrogens with one attached hydrogen (secondary N) is 1. The van der Waals surface area contributed by atoms with Crippen molar-refractivity contribution in [3.05, 3.63) is 0 Å². The van der Waals surface area contributed by atoms with Crippen LogP contribution in [-0.2, 0) is 4.79 Å². The van der Waals surface area contributed by atoms with E-state index in [1.807, 2.05) is 0 Å². The first-order valence-electron chi connectivity index (χ1n) is 1.73. The third kappa shape index (κ3) is 2.47. The van der Waals surface area contributed by atoms with Crippen LogP contribution in [0.1, 0.15) is 0 Å². The average Bonchev–Trinajstić information content (AvgIpc) is 1.65. The molecule has 0 saturated carbocycles. The van der Waals surface area contributed by atoms with Crippen molar-refractivity contribution in [2.75, 3.05) is 5.75 Å². The first kappa shape index (κ1) is 6.78. The van der Waals surface area contributed by atoms with E-state index in [4.69, 9.17) is 10.8 Å². The Kier molecular flexibility index (Phi) is 2.78. The maximum Gasteiger partial charge on any atom is 0.322 e. The van der Waals surface area contributed by atoms with Crippen molar-refractivity contribution in [2.45, 2.75) is 6.04 Å². The summed E-state index contributed by atoms with van der Waals surface area (Å²) in [6.45, 7) is 0. The van der Waals surface area contributed by atoms with E-state index in [-0.39, 0.29) is 5.75 Å². The molecule has 3 nitrogen and oxygen atoms in total. The zero-order valence-corrected chi connectivity index (χ0v) is 4.48. The summed E-state index contributed by atoms with van der Waals surface area (Å²) in [5, 5.41) is 7.95. The predicted molar refractivity (Wildman–Crippen MR) is 28.4 cm³/mol. The highest BCUT2D eigenvalue weighted by atomic mass is 32.1. The number of aliphatic carboxylic acids is 1. The molecular weight excluding hydrogens is 114 g/mol. The Labute approximate surface area is 46.9 Å². The Hall–Kier alpha value is -0.220. The van der Waals surface area contributed by atoms with Gasteiger partial charge in [0.2, 0.25) is 0 Å². The van der Waals surface area contributed by atoms with Crippen LogP contribution >= 0.6 is 12.6 Å². The summed E-state index contributed by atoms with van der Waals surface area (Å²) >= 11 is 3.59. The van der Waals surface area contributed by atoms with E-state index < -0.39 is 12.0 Å². The van der Waals surface area contributed by atoms with Crippen molar-refractivity contribution in [1.82, 2.24) is 5.73 Å². The molecule has 0 aliphatic rings. The van der Waals surface area contributed by atoms with Gasteiger partial charge in [-0.3, -0.25) is 4.79 Å². The largest absolute Gasteiger partial charge is 0.480 e. The lowest BCUT2D eigenvalue weighted by atomic mass is 10.4. The van der Waals surface area contributed by atoms with E-state index in [0.29, 0.717) is 0 Å². The molecule has 41 valence electrons. The van der Waals surface area contributed by atoms with Crippen molar-refractivity contribution >= 4 is 18.6 Å². The molecule has 0 fully saturated rings. The third-order valence-electron chi connectivity index (χ3n) is 0.481. The monoisotopic (exact) mass is 120 g/mol. The van der Waals surface area contributed by atoms with Crippen molar-refractivity contribution in [2.24, 2.45) is 0 Å². The molecule has 4 heteroatoms. The Bertz CT molecular complexity index is 75.3. The maximum atomic E-state index is 9.69. The van der Waals surface area contributed by atoms with Gasteiger partial charge in [-0.1, -0.05) is 0 Å². The van der Waals surface area contributed by atoms with Gasteiger partial charge in [-0.2, -0.15) is 12.6 Å². The number of carboxylic acid groups (broad SMARTS) is 1. The third-order valence-corrected chi connectivity index (χ3v) is 0.846. The summed E-state index contributed by atoms with van der Waals surface area (Å²) in [7, 11) is 0. The fourth-order valence-corrected chi connectivity index (χ4v) is 0.234. The second kappa shape index (κ2) is 2.87. The lowest BCUT2D eigenvalue weighted by molar-refractivity contribution is -0.138. The first-order chi connectivity index (χ1) is 3.18. The highest BCUT2D eigenvalue weighted by Crippen LogP contribution is 1.82. The second-order valence-electron chi connectivity index (χ2n) is 1.07. The SMILES string of the molecule is [NH]C(CS)C(=O)O. The van der Waals surface area contributed by atoms with Gasteiger partial charge < -0.3 is 5.11 Å². The van der Waals surface area contributed by atoms with Crippen LogP contribution in [0, 0.1) is 0 Å². The summed E-state index contributed by atoms with van der Waals surface area (Å²) in [5.41, 5.74) is 6.60. The Morgan fingerprint density at radius 1 is 2.00 bits per heavy atom. The minimum absolute atomic E-state index is 0.0787. The number of hydrogen-bond acceptors (Lipinski definition) is 2. The molecule has 1 unspecified atom stereocenters. The molecule has 2 N–H and O–H groups in total. The van der Waals surface area contributed by atoms with E-state index in [9.17, 15) is 4.79 Å². The molecule has 0 spiro atoms. The summed E-state index contributed by atoms with van der Waals surface area (Å²) < 4.78 is 0. The van der Waals surface area contributed by atoms with E-state index in [0.717, 1.165) is 0 Å².